The van der Waals surface area contributed by atoms with E-state index in [-0.39, 0.29) is 11.5 Å². The van der Waals surface area contributed by atoms with E-state index in [0.29, 0.717) is 11.1 Å². The van der Waals surface area contributed by atoms with Crippen LogP contribution in [0.2, 0.25) is 0 Å². The summed E-state index contributed by atoms with van der Waals surface area (Å²) in [7, 11) is 0. The Morgan fingerprint density at radius 1 is 1.00 bits per heavy atom. The van der Waals surface area contributed by atoms with Gasteiger partial charge >= 0.3 is 0 Å². The minimum atomic E-state index is -0.508. The zero-order valence-corrected chi connectivity index (χ0v) is 10.4. The number of amidine groups is 1. The minimum absolute atomic E-state index is 0.0220. The van der Waals surface area contributed by atoms with Crippen LogP contribution in [0.25, 0.3) is 0 Å². The Morgan fingerprint density at radius 3 is 2.15 bits per heavy atom. The second kappa shape index (κ2) is 5.75. The third kappa shape index (κ3) is 3.05. The molecule has 0 aliphatic heterocycles. The first-order valence-electron chi connectivity index (χ1n) is 5.76. The van der Waals surface area contributed by atoms with Crippen LogP contribution in [-0.4, -0.2) is 16.7 Å². The highest BCUT2D eigenvalue weighted by atomic mass is 16.6. The summed E-state index contributed by atoms with van der Waals surface area (Å²) in [6.45, 7) is 0. The fourth-order valence-electron chi connectivity index (χ4n) is 1.57. The molecule has 2 N–H and O–H groups in total. The number of amides is 1. The summed E-state index contributed by atoms with van der Waals surface area (Å²) in [6, 6.07) is 14.0. The molecule has 0 aromatic heterocycles. The van der Waals surface area contributed by atoms with E-state index >= 15 is 0 Å². The second-order valence-corrected chi connectivity index (χ2v) is 3.97. The smallest absolute Gasteiger partial charge is 0.278 e. The maximum Gasteiger partial charge on any atom is 0.278 e. The highest BCUT2D eigenvalue weighted by Crippen LogP contribution is 2.12. The molecule has 0 aliphatic rings. The Labute approximate surface area is 114 Å². The molecule has 0 atom stereocenters. The molecule has 0 radical (unpaired) electrons. The summed E-state index contributed by atoms with van der Waals surface area (Å²) < 4.78 is 0. The molecule has 0 aliphatic carbocycles. The van der Waals surface area contributed by atoms with Crippen LogP contribution in [0.4, 0.5) is 5.69 Å². The van der Waals surface area contributed by atoms with Gasteiger partial charge in [-0.15, -0.1) is 0 Å². The van der Waals surface area contributed by atoms with Crippen molar-refractivity contribution in [2.24, 2.45) is 10.7 Å². The van der Waals surface area contributed by atoms with Crippen LogP contribution < -0.4 is 5.73 Å². The van der Waals surface area contributed by atoms with Crippen molar-refractivity contribution in [1.29, 1.82) is 0 Å². The molecule has 2 aromatic rings. The summed E-state index contributed by atoms with van der Waals surface area (Å²) >= 11 is 0. The van der Waals surface area contributed by atoms with Crippen molar-refractivity contribution in [3.63, 3.8) is 0 Å². The van der Waals surface area contributed by atoms with Crippen molar-refractivity contribution in [2.45, 2.75) is 0 Å². The van der Waals surface area contributed by atoms with E-state index in [9.17, 15) is 14.9 Å². The number of nitrogens with zero attached hydrogens (tertiary/aromatic N) is 2. The number of rotatable bonds is 3. The first kappa shape index (κ1) is 13.4. The van der Waals surface area contributed by atoms with Gasteiger partial charge in [-0.1, -0.05) is 18.2 Å². The number of carbonyl (C=O) groups is 1. The molecule has 2 rings (SSSR count). The summed E-state index contributed by atoms with van der Waals surface area (Å²) in [5, 5.41) is 10.5. The van der Waals surface area contributed by atoms with E-state index in [1.54, 1.807) is 30.3 Å². The maximum absolute atomic E-state index is 11.8. The third-order valence-corrected chi connectivity index (χ3v) is 2.62. The molecule has 0 unspecified atom stereocenters. The Hall–Kier alpha value is -3.02. The van der Waals surface area contributed by atoms with Gasteiger partial charge in [-0.25, -0.2) is 0 Å². The van der Waals surface area contributed by atoms with Crippen LogP contribution in [0.1, 0.15) is 15.9 Å². The molecule has 0 saturated heterocycles. The molecule has 0 bridgehead atoms. The van der Waals surface area contributed by atoms with Gasteiger partial charge in [0.15, 0.2) is 0 Å². The molecule has 0 heterocycles. The first-order valence-corrected chi connectivity index (χ1v) is 5.76. The van der Waals surface area contributed by atoms with Gasteiger partial charge in [-0.05, 0) is 24.3 Å². The molecular formula is C14H11N3O3. The summed E-state index contributed by atoms with van der Waals surface area (Å²) in [5.74, 6) is -0.435. The fraction of sp³-hybridized carbons (Fsp3) is 0. The minimum Gasteiger partial charge on any atom is -0.383 e. The zero-order valence-electron chi connectivity index (χ0n) is 10.4. The second-order valence-electron chi connectivity index (χ2n) is 3.97. The van der Waals surface area contributed by atoms with Crippen molar-refractivity contribution in [3.8, 4) is 0 Å². The highest BCUT2D eigenvalue weighted by Gasteiger charge is 2.08. The molecule has 6 heteroatoms. The standard InChI is InChI=1S/C14H11N3O3/c15-13(10-6-8-12(9-7-10)17(19)20)16-14(18)11-4-2-1-3-5-11/h1-9H,(H2,15,16,18). The Morgan fingerprint density at radius 2 is 1.60 bits per heavy atom. The van der Waals surface area contributed by atoms with Crippen molar-refractivity contribution < 1.29 is 9.72 Å². The van der Waals surface area contributed by atoms with Gasteiger partial charge in [0, 0.05) is 23.3 Å². The van der Waals surface area contributed by atoms with Gasteiger partial charge in [-0.2, -0.15) is 4.99 Å². The SMILES string of the molecule is NC(=NC(=O)c1ccccc1)c1ccc([N+](=O)[O-])cc1. The summed E-state index contributed by atoms with van der Waals surface area (Å²) in [6.07, 6.45) is 0. The van der Waals surface area contributed by atoms with Gasteiger partial charge < -0.3 is 5.73 Å². The van der Waals surface area contributed by atoms with Gasteiger partial charge in [0.05, 0.1) is 4.92 Å². The quantitative estimate of drug-likeness (QED) is 0.399. The van der Waals surface area contributed by atoms with E-state index in [1.807, 2.05) is 0 Å². The number of non-ortho nitro benzene ring substituents is 1. The molecule has 1 amide bonds. The normalized spacial score (nSPS) is 11.1. The number of hydrogen-bond donors (Lipinski definition) is 1. The number of carbonyl (C=O) groups excluding carboxylic acids is 1. The Bertz CT molecular complexity index is 664. The molecule has 0 saturated carbocycles. The molecule has 100 valence electrons. The van der Waals surface area contributed by atoms with Crippen LogP contribution in [0, 0.1) is 10.1 Å². The van der Waals surface area contributed by atoms with Crippen LogP contribution >= 0.6 is 0 Å². The number of benzene rings is 2. The van der Waals surface area contributed by atoms with Gasteiger partial charge in [-0.3, -0.25) is 14.9 Å². The van der Waals surface area contributed by atoms with E-state index in [0.717, 1.165) is 0 Å². The van der Waals surface area contributed by atoms with Crippen LogP contribution in [0.3, 0.4) is 0 Å². The molecule has 2 aromatic carbocycles. The van der Waals surface area contributed by atoms with E-state index in [4.69, 9.17) is 5.73 Å². The first-order chi connectivity index (χ1) is 9.58. The summed E-state index contributed by atoms with van der Waals surface area (Å²) in [5.41, 5.74) is 6.56. The fourth-order valence-corrected chi connectivity index (χ4v) is 1.57. The van der Waals surface area contributed by atoms with Crippen LogP contribution in [0.5, 0.6) is 0 Å². The highest BCUT2D eigenvalue weighted by molar-refractivity contribution is 6.08. The lowest BCUT2D eigenvalue weighted by Gasteiger charge is -2.00. The Balaban J connectivity index is 2.22. The number of aliphatic imine (C=N–C) groups is 1. The number of hydrogen-bond acceptors (Lipinski definition) is 3. The zero-order chi connectivity index (χ0) is 14.5. The molecule has 20 heavy (non-hydrogen) atoms. The summed E-state index contributed by atoms with van der Waals surface area (Å²) in [4.78, 5) is 25.6. The van der Waals surface area contributed by atoms with E-state index in [2.05, 4.69) is 4.99 Å². The predicted octanol–water partition coefficient (Wildman–Crippen LogP) is 2.14. The maximum atomic E-state index is 11.8. The molecule has 6 nitrogen and oxygen atoms in total. The van der Waals surface area contributed by atoms with E-state index in [1.165, 1.54) is 24.3 Å². The average Bonchev–Trinajstić information content (AvgIpc) is 2.48. The van der Waals surface area contributed by atoms with Crippen LogP contribution in [-0.2, 0) is 0 Å². The topological polar surface area (TPSA) is 98.6 Å². The lowest BCUT2D eigenvalue weighted by atomic mass is 10.2. The average molecular weight is 269 g/mol. The largest absolute Gasteiger partial charge is 0.383 e. The molecular weight excluding hydrogens is 258 g/mol. The van der Waals surface area contributed by atoms with Crippen molar-refractivity contribution >= 4 is 17.4 Å². The number of nitro groups is 1. The van der Waals surface area contributed by atoms with E-state index < -0.39 is 10.8 Å². The van der Waals surface area contributed by atoms with Gasteiger partial charge in [0.25, 0.3) is 11.6 Å². The number of nitrogens with two attached hydrogens (primary N) is 1. The van der Waals surface area contributed by atoms with Crippen molar-refractivity contribution in [2.75, 3.05) is 0 Å². The molecule has 0 fully saturated rings. The van der Waals surface area contributed by atoms with Crippen LogP contribution in [0.15, 0.2) is 59.6 Å². The monoisotopic (exact) mass is 269 g/mol. The van der Waals surface area contributed by atoms with Crippen molar-refractivity contribution in [3.05, 3.63) is 75.8 Å². The Kier molecular flexibility index (Phi) is 3.85. The third-order valence-electron chi connectivity index (χ3n) is 2.62. The van der Waals surface area contributed by atoms with Crippen molar-refractivity contribution in [1.82, 2.24) is 0 Å². The lowest BCUT2D eigenvalue weighted by molar-refractivity contribution is -0.384. The van der Waals surface area contributed by atoms with Gasteiger partial charge in [0.2, 0.25) is 0 Å². The molecule has 0 spiro atoms. The number of nitro benzene ring substituents is 1. The van der Waals surface area contributed by atoms with Gasteiger partial charge in [0.1, 0.15) is 5.84 Å². The predicted molar refractivity (Wildman–Crippen MR) is 74.6 cm³/mol. The lowest BCUT2D eigenvalue weighted by Crippen LogP contribution is -2.15.